The van der Waals surface area contributed by atoms with Gasteiger partial charge in [0, 0.05) is 31.4 Å². The fourth-order valence-electron chi connectivity index (χ4n) is 8.35. The van der Waals surface area contributed by atoms with Gasteiger partial charge in [-0.3, -0.25) is 28.0 Å². The Morgan fingerprint density at radius 2 is 1.51 bits per heavy atom. The number of hydrogen-bond donors (Lipinski definition) is 7. The number of carbonyl (C=O) groups is 3. The van der Waals surface area contributed by atoms with Gasteiger partial charge in [-0.1, -0.05) is 121 Å². The van der Waals surface area contributed by atoms with E-state index in [1.54, 1.807) is 12.2 Å². The molecule has 21 nitrogen and oxygen atoms in total. The standard InChI is InChI=1S/C50H83N3O18P2/c1-3-5-7-8-9-10-11-12-13-14-15-16-17-18-23-27-45(57)66-34-38-35-67-72(62,63)71-73(64,65)68-36-43-48(60)47(59)39(30-29-37(54)25-21-6-4-2)41(55)33-42(56)40(26-22-19-20-24-28-46(58)69-38)49(70-43)53-32-31-44(51)52-50(53)61/h12-13,19,22,29-32,37-41,43,47-49,54-55,59-60H,3-11,14-18,20-21,23-28,33-36H2,1-2H3,(H,62,63)(H,64,65)(H2,51,52,61)/b13-12-,22-19?,30-29+/t37-,38+,39-,40-,41+,43+,47-,48+,49+/m0/s1. The second-order valence-corrected chi connectivity index (χ2v) is 21.8. The van der Waals surface area contributed by atoms with Gasteiger partial charge in [-0.25, -0.2) is 13.9 Å². The van der Waals surface area contributed by atoms with Crippen molar-refractivity contribution in [3.63, 3.8) is 0 Å². The van der Waals surface area contributed by atoms with E-state index in [-0.39, 0.29) is 37.9 Å². The highest BCUT2D eigenvalue weighted by Crippen LogP contribution is 2.60. The molecule has 0 aliphatic carbocycles. The first-order valence-corrected chi connectivity index (χ1v) is 29.1. The highest BCUT2D eigenvalue weighted by molar-refractivity contribution is 7.61. The van der Waals surface area contributed by atoms with Crippen LogP contribution in [0.4, 0.5) is 5.82 Å². The fraction of sp³-hybridized carbons (Fsp3) is 0.740. The molecular formula is C50H83N3O18P2. The summed E-state index contributed by atoms with van der Waals surface area (Å²) < 4.78 is 58.8. The number of hydrogen-bond acceptors (Lipinski definition) is 18. The van der Waals surface area contributed by atoms with Gasteiger partial charge in [0.2, 0.25) is 0 Å². The minimum absolute atomic E-state index is 0.0656. The van der Waals surface area contributed by atoms with Crippen molar-refractivity contribution in [1.29, 1.82) is 0 Å². The average Bonchev–Trinajstić information content (AvgIpc) is 3.33. The first-order chi connectivity index (χ1) is 34.9. The maximum atomic E-state index is 14.3. The molecule has 3 rings (SSSR count). The summed E-state index contributed by atoms with van der Waals surface area (Å²) in [5.41, 5.74) is 4.72. The summed E-state index contributed by atoms with van der Waals surface area (Å²) in [6.45, 7) is 1.44. The first-order valence-electron chi connectivity index (χ1n) is 26.1. The predicted molar refractivity (Wildman–Crippen MR) is 271 cm³/mol. The van der Waals surface area contributed by atoms with Crippen molar-refractivity contribution in [2.24, 2.45) is 11.8 Å². The van der Waals surface area contributed by atoms with Gasteiger partial charge in [0.25, 0.3) is 0 Å². The third-order valence-corrected chi connectivity index (χ3v) is 15.1. The number of phosphoric ester groups is 2. The summed E-state index contributed by atoms with van der Waals surface area (Å²) in [6, 6.07) is 1.21. The lowest BCUT2D eigenvalue weighted by molar-refractivity contribution is -0.183. The Hall–Kier alpha value is -3.43. The zero-order valence-corrected chi connectivity index (χ0v) is 44.4. The molecule has 0 spiro atoms. The molecule has 2 unspecified atom stereocenters. The number of fused-ring (bicyclic) bond motifs is 3. The summed E-state index contributed by atoms with van der Waals surface area (Å²) in [5.74, 6) is -5.14. The molecule has 0 aromatic carbocycles. The number of aliphatic hydroxyl groups excluding tert-OH is 4. The number of aromatic nitrogens is 2. The molecule has 0 saturated carbocycles. The van der Waals surface area contributed by atoms with Gasteiger partial charge in [-0.15, -0.1) is 0 Å². The van der Waals surface area contributed by atoms with Crippen molar-refractivity contribution in [1.82, 2.24) is 9.55 Å². The van der Waals surface area contributed by atoms with Crippen LogP contribution in [0.2, 0.25) is 0 Å². The van der Waals surface area contributed by atoms with Crippen LogP contribution in [0, 0.1) is 11.8 Å². The SMILES string of the molecule is CCCCCCCC/C=C\CCCCCCCC(=O)OC[C@@H]1COP(=O)(O)OP(=O)(O)OC[C@H]2O[C@@H](n3ccc(N)nc3=O)[C@@H](CC=CCCCC(=O)O1)C(=O)C[C@@H](O)[C@H](/C=C/[C@@H](O)CCCCC)[C@H](O)[C@@H]2O. The molecule has 0 radical (unpaired) electrons. The van der Waals surface area contributed by atoms with Crippen LogP contribution < -0.4 is 11.4 Å². The van der Waals surface area contributed by atoms with Gasteiger partial charge >= 0.3 is 33.3 Å². The van der Waals surface area contributed by atoms with Gasteiger partial charge < -0.3 is 50.2 Å². The number of Topliss-reactive ketones (excluding diaryl/α,β-unsaturated/α-hetero) is 1. The molecule has 1 saturated heterocycles. The van der Waals surface area contributed by atoms with Crippen LogP contribution in [-0.4, -0.2) is 114 Å². The van der Waals surface area contributed by atoms with Crippen molar-refractivity contribution in [2.45, 2.75) is 204 Å². The van der Waals surface area contributed by atoms with Crippen LogP contribution in [0.15, 0.2) is 53.5 Å². The van der Waals surface area contributed by atoms with E-state index in [1.807, 2.05) is 6.92 Å². The highest BCUT2D eigenvalue weighted by Gasteiger charge is 2.45. The number of unbranched alkanes of at least 4 members (excludes halogenated alkanes) is 13. The zero-order chi connectivity index (χ0) is 53.7. The van der Waals surface area contributed by atoms with Crippen molar-refractivity contribution in [3.05, 3.63) is 59.2 Å². The summed E-state index contributed by atoms with van der Waals surface area (Å²) in [4.78, 5) is 78.3. The molecule has 1 aromatic heterocycles. The van der Waals surface area contributed by atoms with E-state index in [1.165, 1.54) is 56.7 Å². The molecule has 1 fully saturated rings. The topological polar surface area (TPSA) is 323 Å². The number of carbonyl (C=O) groups excluding carboxylic acids is 3. The third-order valence-electron chi connectivity index (χ3n) is 12.5. The molecule has 2 aliphatic rings. The number of ketones is 1. The molecule has 2 aliphatic heterocycles. The number of esters is 2. The lowest BCUT2D eigenvalue weighted by atomic mass is 9.83. The predicted octanol–water partition coefficient (Wildman–Crippen LogP) is 7.37. The molecule has 11 atom stereocenters. The van der Waals surface area contributed by atoms with Gasteiger partial charge in [-0.05, 0) is 63.9 Å². The van der Waals surface area contributed by atoms with Crippen LogP contribution in [-0.2, 0) is 51.1 Å². The fourth-order valence-corrected chi connectivity index (χ4v) is 10.5. The van der Waals surface area contributed by atoms with Gasteiger partial charge in [-0.2, -0.15) is 9.29 Å². The number of nitrogens with zero attached hydrogens (tertiary/aromatic N) is 2. The smallest absolute Gasteiger partial charge is 0.462 e. The van der Waals surface area contributed by atoms with E-state index in [4.69, 9.17) is 29.0 Å². The van der Waals surface area contributed by atoms with Crippen LogP contribution in [0.1, 0.15) is 168 Å². The number of nitrogen functional groups attached to an aromatic ring is 1. The van der Waals surface area contributed by atoms with Crippen molar-refractivity contribution in [3.8, 4) is 0 Å². The maximum absolute atomic E-state index is 14.3. The first kappa shape index (κ1) is 63.9. The highest BCUT2D eigenvalue weighted by atomic mass is 31.3. The second-order valence-electron chi connectivity index (χ2n) is 18.8. The Balaban J connectivity index is 1.78. The monoisotopic (exact) mass is 1080 g/mol. The lowest BCUT2D eigenvalue weighted by Gasteiger charge is -2.38. The van der Waals surface area contributed by atoms with E-state index < -0.39 is 120 Å². The average molecular weight is 1080 g/mol. The second kappa shape index (κ2) is 35.0. The van der Waals surface area contributed by atoms with E-state index in [9.17, 15) is 58.5 Å². The Morgan fingerprint density at radius 1 is 0.877 bits per heavy atom. The quantitative estimate of drug-likeness (QED) is 0.0230. The van der Waals surface area contributed by atoms with E-state index in [0.717, 1.165) is 62.1 Å². The number of anilines is 1. The summed E-state index contributed by atoms with van der Waals surface area (Å²) in [6.07, 6.45) is 15.6. The summed E-state index contributed by atoms with van der Waals surface area (Å²) in [5, 5.41) is 45.4. The van der Waals surface area contributed by atoms with E-state index >= 15 is 0 Å². The number of ether oxygens (including phenoxy) is 3. The summed E-state index contributed by atoms with van der Waals surface area (Å²) in [7, 11) is -11.3. The number of phosphoric acid groups is 2. The van der Waals surface area contributed by atoms with Crippen LogP contribution >= 0.6 is 15.6 Å². The van der Waals surface area contributed by atoms with Gasteiger partial charge in [0.05, 0.1) is 37.4 Å². The number of allylic oxidation sites excluding steroid dienone is 4. The molecule has 416 valence electrons. The van der Waals surface area contributed by atoms with Gasteiger partial charge in [0.1, 0.15) is 36.6 Å². The lowest BCUT2D eigenvalue weighted by Crippen LogP contribution is -2.51. The Bertz CT molecular complexity index is 2040. The normalized spacial score (nSPS) is 29.0. The van der Waals surface area contributed by atoms with Gasteiger partial charge in [0.15, 0.2) is 6.10 Å². The Kier molecular flexibility index (Phi) is 30.6. The van der Waals surface area contributed by atoms with Crippen LogP contribution in [0.5, 0.6) is 0 Å². The number of aliphatic hydroxyl groups is 4. The maximum Gasteiger partial charge on any atom is 0.481 e. The minimum Gasteiger partial charge on any atom is -0.462 e. The molecule has 0 amide bonds. The molecular weight excluding hydrogens is 993 g/mol. The summed E-state index contributed by atoms with van der Waals surface area (Å²) >= 11 is 0. The molecule has 23 heteroatoms. The van der Waals surface area contributed by atoms with Crippen molar-refractivity contribution in [2.75, 3.05) is 25.6 Å². The Labute approximate surface area is 429 Å². The van der Waals surface area contributed by atoms with E-state index in [0.29, 0.717) is 19.3 Å². The number of rotatable bonds is 24. The minimum atomic E-state index is -5.72. The third kappa shape index (κ3) is 25.8. The van der Waals surface area contributed by atoms with Crippen molar-refractivity contribution < 1.29 is 81.3 Å². The van der Waals surface area contributed by atoms with Crippen molar-refractivity contribution >= 4 is 39.2 Å². The van der Waals surface area contributed by atoms with E-state index in [2.05, 4.69) is 28.4 Å². The molecule has 8 N–H and O–H groups in total. The molecule has 73 heavy (non-hydrogen) atoms. The zero-order valence-electron chi connectivity index (χ0n) is 42.6. The van der Waals surface area contributed by atoms with Crippen LogP contribution in [0.25, 0.3) is 0 Å². The Morgan fingerprint density at radius 3 is 2.18 bits per heavy atom. The number of nitrogens with two attached hydrogens (primary N) is 1. The van der Waals surface area contributed by atoms with Crippen LogP contribution in [0.3, 0.4) is 0 Å². The molecule has 3 heterocycles. The molecule has 1 aromatic rings. The largest absolute Gasteiger partial charge is 0.481 e. The molecule has 2 bridgehead atoms. The number of cyclic esters (lactones) is 1.